The van der Waals surface area contributed by atoms with Crippen LogP contribution in [-0.2, 0) is 16.4 Å². The molecule has 0 spiro atoms. The van der Waals surface area contributed by atoms with E-state index in [9.17, 15) is 13.2 Å². The lowest BCUT2D eigenvalue weighted by atomic mass is 10.2. The van der Waals surface area contributed by atoms with Crippen LogP contribution in [0.15, 0.2) is 64.9 Å². The fourth-order valence-electron chi connectivity index (χ4n) is 2.21. The summed E-state index contributed by atoms with van der Waals surface area (Å²) in [5, 5.41) is 10.2. The molecule has 3 rings (SSSR count). The number of hydrogen-bond donors (Lipinski definition) is 2. The molecule has 1 aromatic heterocycles. The number of aromatic nitrogens is 1. The summed E-state index contributed by atoms with van der Waals surface area (Å²) in [5.41, 5.74) is 1.75. The van der Waals surface area contributed by atoms with Gasteiger partial charge < -0.3 is 5.32 Å². The van der Waals surface area contributed by atoms with Crippen molar-refractivity contribution in [3.8, 4) is 0 Å². The molecule has 128 valence electrons. The van der Waals surface area contributed by atoms with Gasteiger partial charge in [0.1, 0.15) is 5.69 Å². The average Bonchev–Trinajstić information content (AvgIpc) is 3.04. The normalized spacial score (nSPS) is 11.2. The number of anilines is 1. The van der Waals surface area contributed by atoms with E-state index in [1.54, 1.807) is 11.4 Å². The minimum absolute atomic E-state index is 0.0617. The summed E-state index contributed by atoms with van der Waals surface area (Å²) >= 11 is 1.40. The number of sulfonamides is 1. The quantitative estimate of drug-likeness (QED) is 0.718. The van der Waals surface area contributed by atoms with Gasteiger partial charge in [0.2, 0.25) is 10.0 Å². The summed E-state index contributed by atoms with van der Waals surface area (Å²) in [6.07, 6.45) is 0.652. The Balaban J connectivity index is 1.72. The van der Waals surface area contributed by atoms with Gasteiger partial charge in [-0.1, -0.05) is 36.4 Å². The molecule has 0 fully saturated rings. The van der Waals surface area contributed by atoms with Crippen molar-refractivity contribution in [1.82, 2.24) is 4.98 Å². The van der Waals surface area contributed by atoms with Crippen molar-refractivity contribution < 1.29 is 13.2 Å². The lowest BCUT2D eigenvalue weighted by molar-refractivity contribution is 0.102. The maximum Gasteiger partial charge on any atom is 0.275 e. The molecule has 0 aliphatic heterocycles. The number of nitrogens with zero attached hydrogens (tertiary/aromatic N) is 1. The van der Waals surface area contributed by atoms with Crippen molar-refractivity contribution in [3.63, 3.8) is 0 Å². The molecule has 1 amide bonds. The summed E-state index contributed by atoms with van der Waals surface area (Å²) < 4.78 is 22.7. The zero-order valence-corrected chi connectivity index (χ0v) is 14.7. The summed E-state index contributed by atoms with van der Waals surface area (Å²) in [4.78, 5) is 16.6. The lowest BCUT2D eigenvalue weighted by Crippen LogP contribution is -2.15. The molecule has 0 atom stereocenters. The van der Waals surface area contributed by atoms with Crippen LogP contribution in [-0.4, -0.2) is 19.3 Å². The van der Waals surface area contributed by atoms with Crippen LogP contribution in [0.2, 0.25) is 0 Å². The highest BCUT2D eigenvalue weighted by molar-refractivity contribution is 7.89. The highest BCUT2D eigenvalue weighted by Crippen LogP contribution is 2.18. The molecule has 0 aliphatic rings. The molecule has 8 heteroatoms. The van der Waals surface area contributed by atoms with E-state index in [0.717, 1.165) is 10.6 Å². The van der Waals surface area contributed by atoms with Gasteiger partial charge in [0.15, 0.2) is 0 Å². The Morgan fingerprint density at radius 2 is 1.88 bits per heavy atom. The molecule has 0 unspecified atom stereocenters. The van der Waals surface area contributed by atoms with Gasteiger partial charge in [-0.2, -0.15) is 0 Å². The van der Waals surface area contributed by atoms with Crippen molar-refractivity contribution in [1.29, 1.82) is 0 Å². The Morgan fingerprint density at radius 1 is 1.12 bits per heavy atom. The first-order chi connectivity index (χ1) is 11.9. The van der Waals surface area contributed by atoms with Crippen LogP contribution >= 0.6 is 11.3 Å². The zero-order valence-electron chi connectivity index (χ0n) is 13.0. The molecule has 6 nitrogen and oxygen atoms in total. The largest absolute Gasteiger partial charge is 0.321 e. The van der Waals surface area contributed by atoms with E-state index in [1.807, 2.05) is 30.3 Å². The zero-order chi connectivity index (χ0) is 17.9. The highest BCUT2D eigenvalue weighted by Gasteiger charge is 2.13. The predicted molar refractivity (Wildman–Crippen MR) is 97.1 cm³/mol. The number of nitrogens with one attached hydrogen (secondary N) is 1. The van der Waals surface area contributed by atoms with Crippen molar-refractivity contribution in [2.45, 2.75) is 11.3 Å². The Bertz CT molecular complexity index is 999. The Labute approximate surface area is 149 Å². The smallest absolute Gasteiger partial charge is 0.275 e. The third-order valence-corrected chi connectivity index (χ3v) is 5.16. The fraction of sp³-hybridized carbons (Fsp3) is 0.0588. The van der Waals surface area contributed by atoms with E-state index < -0.39 is 15.9 Å². The maximum atomic E-state index is 12.3. The first kappa shape index (κ1) is 17.3. The van der Waals surface area contributed by atoms with E-state index >= 15 is 0 Å². The van der Waals surface area contributed by atoms with E-state index in [0.29, 0.717) is 12.1 Å². The van der Waals surface area contributed by atoms with Gasteiger partial charge in [0.05, 0.1) is 9.90 Å². The maximum absolute atomic E-state index is 12.3. The molecule has 0 saturated heterocycles. The van der Waals surface area contributed by atoms with Crippen LogP contribution in [0.1, 0.15) is 21.1 Å². The topological polar surface area (TPSA) is 102 Å². The van der Waals surface area contributed by atoms with Crippen molar-refractivity contribution in [2.24, 2.45) is 5.14 Å². The Kier molecular flexibility index (Phi) is 4.93. The summed E-state index contributed by atoms with van der Waals surface area (Å²) in [6, 6.07) is 15.6. The fourth-order valence-corrected chi connectivity index (χ4v) is 3.58. The number of primary sulfonamides is 1. The second kappa shape index (κ2) is 7.14. The first-order valence-corrected chi connectivity index (χ1v) is 9.77. The van der Waals surface area contributed by atoms with E-state index in [2.05, 4.69) is 10.3 Å². The van der Waals surface area contributed by atoms with Crippen LogP contribution in [0.25, 0.3) is 0 Å². The summed E-state index contributed by atoms with van der Waals surface area (Å²) in [6.45, 7) is 0. The molecule has 0 aliphatic carbocycles. The molecule has 0 bridgehead atoms. The number of benzene rings is 2. The molecule has 0 saturated carbocycles. The third-order valence-electron chi connectivity index (χ3n) is 3.40. The average molecular weight is 373 g/mol. The van der Waals surface area contributed by atoms with Gasteiger partial charge in [0.25, 0.3) is 5.91 Å². The standard InChI is InChI=1S/C17H15N3O3S2/c18-25(22,23)14-8-4-7-13(10-14)19-17(21)15-11-24-16(20-15)9-12-5-2-1-3-6-12/h1-8,10-11H,9H2,(H,19,21)(H2,18,22,23). The summed E-state index contributed by atoms with van der Waals surface area (Å²) in [5.74, 6) is -0.401. The molecule has 1 heterocycles. The first-order valence-electron chi connectivity index (χ1n) is 7.34. The minimum atomic E-state index is -3.82. The van der Waals surface area contributed by atoms with Crippen LogP contribution in [0, 0.1) is 0 Å². The van der Waals surface area contributed by atoms with E-state index in [4.69, 9.17) is 5.14 Å². The van der Waals surface area contributed by atoms with Crippen molar-refractivity contribution in [2.75, 3.05) is 5.32 Å². The van der Waals surface area contributed by atoms with Gasteiger partial charge in [-0.15, -0.1) is 11.3 Å². The van der Waals surface area contributed by atoms with Gasteiger partial charge in [0, 0.05) is 17.5 Å². The van der Waals surface area contributed by atoms with Crippen LogP contribution in [0.4, 0.5) is 5.69 Å². The van der Waals surface area contributed by atoms with Gasteiger partial charge in [-0.3, -0.25) is 4.79 Å². The molecule has 3 N–H and O–H groups in total. The predicted octanol–water partition coefficient (Wildman–Crippen LogP) is 2.63. The number of carbonyl (C=O) groups is 1. The minimum Gasteiger partial charge on any atom is -0.321 e. The second-order valence-electron chi connectivity index (χ2n) is 5.32. The number of hydrogen-bond acceptors (Lipinski definition) is 5. The van der Waals surface area contributed by atoms with Crippen LogP contribution in [0.3, 0.4) is 0 Å². The molecule has 2 aromatic carbocycles. The summed E-state index contributed by atoms with van der Waals surface area (Å²) in [7, 11) is -3.82. The Hall–Kier alpha value is -2.55. The number of rotatable bonds is 5. The van der Waals surface area contributed by atoms with E-state index in [1.165, 1.54) is 29.5 Å². The number of thiazole rings is 1. The molecule has 3 aromatic rings. The monoisotopic (exact) mass is 373 g/mol. The van der Waals surface area contributed by atoms with Gasteiger partial charge >= 0.3 is 0 Å². The lowest BCUT2D eigenvalue weighted by Gasteiger charge is -2.05. The van der Waals surface area contributed by atoms with Crippen molar-refractivity contribution >= 4 is 33.0 Å². The molecular weight excluding hydrogens is 358 g/mol. The number of nitrogens with two attached hydrogens (primary N) is 1. The number of carbonyl (C=O) groups excluding carboxylic acids is 1. The van der Waals surface area contributed by atoms with Crippen LogP contribution < -0.4 is 10.5 Å². The Morgan fingerprint density at radius 3 is 2.60 bits per heavy atom. The van der Waals surface area contributed by atoms with Gasteiger partial charge in [-0.05, 0) is 23.8 Å². The SMILES string of the molecule is NS(=O)(=O)c1cccc(NC(=O)c2csc(Cc3ccccc3)n2)c1. The van der Waals surface area contributed by atoms with E-state index in [-0.39, 0.29) is 10.6 Å². The van der Waals surface area contributed by atoms with Crippen LogP contribution in [0.5, 0.6) is 0 Å². The third kappa shape index (κ3) is 4.50. The molecule has 0 radical (unpaired) electrons. The van der Waals surface area contributed by atoms with Gasteiger partial charge in [-0.25, -0.2) is 18.5 Å². The van der Waals surface area contributed by atoms with Crippen molar-refractivity contribution in [3.05, 3.63) is 76.2 Å². The number of amides is 1. The molecule has 25 heavy (non-hydrogen) atoms. The second-order valence-corrected chi connectivity index (χ2v) is 7.82. The highest BCUT2D eigenvalue weighted by atomic mass is 32.2. The molecular formula is C17H15N3O3S2.